The predicted molar refractivity (Wildman–Crippen MR) is 76.7 cm³/mol. The first kappa shape index (κ1) is 15.8. The first-order chi connectivity index (χ1) is 9.97. The van der Waals surface area contributed by atoms with Gasteiger partial charge in [-0.25, -0.2) is 17.9 Å². The Labute approximate surface area is 124 Å². The molecule has 0 aliphatic heterocycles. The van der Waals surface area contributed by atoms with Crippen LogP contribution < -0.4 is 9.46 Å². The lowest BCUT2D eigenvalue weighted by Gasteiger charge is -2.11. The van der Waals surface area contributed by atoms with E-state index >= 15 is 0 Å². The largest absolute Gasteiger partial charge is 0.482 e. The van der Waals surface area contributed by atoms with Gasteiger partial charge in [0.2, 0.25) is 10.0 Å². The van der Waals surface area contributed by atoms with Gasteiger partial charge in [0.1, 0.15) is 5.75 Å². The van der Waals surface area contributed by atoms with Crippen LogP contribution in [0.25, 0.3) is 0 Å². The van der Waals surface area contributed by atoms with Gasteiger partial charge in [-0.3, -0.25) is 0 Å². The summed E-state index contributed by atoms with van der Waals surface area (Å²) >= 11 is 0. The molecule has 0 heterocycles. The topological polar surface area (TPSA) is 92.7 Å². The molecule has 0 aromatic heterocycles. The van der Waals surface area contributed by atoms with Crippen LogP contribution in [0, 0.1) is 5.92 Å². The highest BCUT2D eigenvalue weighted by Gasteiger charge is 2.19. The molecule has 1 fully saturated rings. The SMILES string of the molecule is O=C(O)COc1ccc(S(=O)(=O)NCC2CCCC2)cc1. The number of nitrogens with one attached hydrogen (secondary N) is 1. The van der Waals surface area contributed by atoms with Crippen molar-refractivity contribution in [1.29, 1.82) is 0 Å². The fourth-order valence-electron chi connectivity index (χ4n) is 2.39. The second kappa shape index (κ2) is 6.91. The molecule has 0 amide bonds. The Hall–Kier alpha value is -1.60. The normalized spacial score (nSPS) is 16.0. The van der Waals surface area contributed by atoms with Crippen LogP contribution >= 0.6 is 0 Å². The van der Waals surface area contributed by atoms with Crippen molar-refractivity contribution < 1.29 is 23.1 Å². The molecule has 2 N–H and O–H groups in total. The molecule has 1 saturated carbocycles. The van der Waals surface area contributed by atoms with Crippen LogP contribution in [0.5, 0.6) is 5.75 Å². The lowest BCUT2D eigenvalue weighted by Crippen LogP contribution is -2.28. The first-order valence-corrected chi connectivity index (χ1v) is 8.40. The second-order valence-electron chi connectivity index (χ2n) is 5.16. The van der Waals surface area contributed by atoms with Crippen LogP contribution in [0.3, 0.4) is 0 Å². The number of sulfonamides is 1. The third kappa shape index (κ3) is 4.71. The van der Waals surface area contributed by atoms with Crippen LogP contribution in [-0.4, -0.2) is 32.6 Å². The Morgan fingerprint density at radius 3 is 2.43 bits per heavy atom. The summed E-state index contributed by atoms with van der Waals surface area (Å²) in [5, 5.41) is 8.50. The molecule has 7 heteroatoms. The van der Waals surface area contributed by atoms with Crippen LogP contribution in [0.2, 0.25) is 0 Å². The third-order valence-electron chi connectivity index (χ3n) is 3.53. The summed E-state index contributed by atoms with van der Waals surface area (Å²) in [7, 11) is -3.52. The van der Waals surface area contributed by atoms with E-state index in [2.05, 4.69) is 4.72 Å². The smallest absolute Gasteiger partial charge is 0.341 e. The number of hydrogen-bond acceptors (Lipinski definition) is 4. The molecule has 1 aromatic carbocycles. The maximum absolute atomic E-state index is 12.1. The summed E-state index contributed by atoms with van der Waals surface area (Å²) in [6.45, 7) is 0.0195. The highest BCUT2D eigenvalue weighted by molar-refractivity contribution is 7.89. The quantitative estimate of drug-likeness (QED) is 0.798. The Bertz CT molecular complexity index is 576. The zero-order valence-electron chi connectivity index (χ0n) is 11.6. The Morgan fingerprint density at radius 2 is 1.86 bits per heavy atom. The summed E-state index contributed by atoms with van der Waals surface area (Å²) in [5.41, 5.74) is 0. The molecule has 2 rings (SSSR count). The number of aliphatic carboxylic acids is 1. The maximum Gasteiger partial charge on any atom is 0.341 e. The van der Waals surface area contributed by atoms with Crippen LogP contribution in [0.4, 0.5) is 0 Å². The molecule has 0 saturated heterocycles. The monoisotopic (exact) mass is 313 g/mol. The molecule has 0 unspecified atom stereocenters. The van der Waals surface area contributed by atoms with Crippen LogP contribution in [0.15, 0.2) is 29.2 Å². The molecule has 116 valence electrons. The standard InChI is InChI=1S/C14H19NO5S/c16-14(17)10-20-12-5-7-13(8-6-12)21(18,19)15-9-11-3-1-2-4-11/h5-8,11,15H,1-4,9-10H2,(H,16,17). The van der Waals surface area contributed by atoms with Crippen molar-refractivity contribution in [2.75, 3.05) is 13.2 Å². The zero-order valence-corrected chi connectivity index (χ0v) is 12.4. The molecule has 1 aliphatic carbocycles. The fraction of sp³-hybridized carbons (Fsp3) is 0.500. The van der Waals surface area contributed by atoms with Crippen LogP contribution in [-0.2, 0) is 14.8 Å². The van der Waals surface area contributed by atoms with Crippen molar-refractivity contribution in [3.63, 3.8) is 0 Å². The van der Waals surface area contributed by atoms with Crippen molar-refractivity contribution in [3.8, 4) is 5.75 Å². The Balaban J connectivity index is 1.94. The van der Waals surface area contributed by atoms with Gasteiger partial charge in [-0.15, -0.1) is 0 Å². The molecule has 0 bridgehead atoms. The number of carbonyl (C=O) groups is 1. The van der Waals surface area contributed by atoms with Crippen molar-refractivity contribution in [3.05, 3.63) is 24.3 Å². The minimum absolute atomic E-state index is 0.156. The number of carboxylic acids is 1. The van der Waals surface area contributed by atoms with Crippen LogP contribution in [0.1, 0.15) is 25.7 Å². The minimum atomic E-state index is -3.52. The zero-order chi connectivity index (χ0) is 15.3. The van der Waals surface area contributed by atoms with E-state index in [-0.39, 0.29) is 4.90 Å². The molecular weight excluding hydrogens is 294 g/mol. The van der Waals surface area contributed by atoms with Gasteiger partial charge in [-0.1, -0.05) is 12.8 Å². The molecule has 0 spiro atoms. The lowest BCUT2D eigenvalue weighted by molar-refractivity contribution is -0.139. The number of ether oxygens (including phenoxy) is 1. The molecule has 0 atom stereocenters. The molecule has 0 radical (unpaired) electrons. The fourth-order valence-corrected chi connectivity index (χ4v) is 3.50. The van der Waals surface area contributed by atoms with Crippen molar-refractivity contribution in [2.24, 2.45) is 5.92 Å². The predicted octanol–water partition coefficient (Wildman–Crippen LogP) is 1.62. The number of carboxylic acid groups (broad SMARTS) is 1. The van der Waals surface area contributed by atoms with Gasteiger partial charge in [-0.2, -0.15) is 0 Å². The van der Waals surface area contributed by atoms with Gasteiger partial charge < -0.3 is 9.84 Å². The van der Waals surface area contributed by atoms with E-state index in [0.717, 1.165) is 12.8 Å². The Morgan fingerprint density at radius 1 is 1.24 bits per heavy atom. The average Bonchev–Trinajstić information content (AvgIpc) is 2.97. The van der Waals surface area contributed by atoms with E-state index in [1.807, 2.05) is 0 Å². The second-order valence-corrected chi connectivity index (χ2v) is 6.92. The Kier molecular flexibility index (Phi) is 5.19. The van der Waals surface area contributed by atoms with Gasteiger partial charge >= 0.3 is 5.97 Å². The minimum Gasteiger partial charge on any atom is -0.482 e. The van der Waals surface area contributed by atoms with E-state index in [4.69, 9.17) is 9.84 Å². The van der Waals surface area contributed by atoms with Crippen molar-refractivity contribution in [1.82, 2.24) is 4.72 Å². The molecule has 1 aliphatic rings. The summed E-state index contributed by atoms with van der Waals surface area (Å²) in [4.78, 5) is 10.5. The third-order valence-corrected chi connectivity index (χ3v) is 4.97. The van der Waals surface area contributed by atoms with E-state index in [1.165, 1.54) is 37.1 Å². The average molecular weight is 313 g/mol. The maximum atomic E-state index is 12.1. The number of hydrogen-bond donors (Lipinski definition) is 2. The molecule has 21 heavy (non-hydrogen) atoms. The lowest BCUT2D eigenvalue weighted by atomic mass is 10.1. The van der Waals surface area contributed by atoms with Gasteiger partial charge in [0.15, 0.2) is 6.61 Å². The van der Waals surface area contributed by atoms with Gasteiger partial charge in [0, 0.05) is 6.54 Å². The van der Waals surface area contributed by atoms with E-state index < -0.39 is 22.6 Å². The number of benzene rings is 1. The van der Waals surface area contributed by atoms with Gasteiger partial charge in [0.25, 0.3) is 0 Å². The molecular formula is C14H19NO5S. The first-order valence-electron chi connectivity index (χ1n) is 6.92. The van der Waals surface area contributed by atoms with E-state index in [9.17, 15) is 13.2 Å². The molecule has 6 nitrogen and oxygen atoms in total. The van der Waals surface area contributed by atoms with E-state index in [1.54, 1.807) is 0 Å². The summed E-state index contributed by atoms with van der Waals surface area (Å²) in [6.07, 6.45) is 4.49. The van der Waals surface area contributed by atoms with Crippen molar-refractivity contribution in [2.45, 2.75) is 30.6 Å². The summed E-state index contributed by atoms with van der Waals surface area (Å²) in [6, 6.07) is 5.72. The van der Waals surface area contributed by atoms with Gasteiger partial charge in [-0.05, 0) is 43.0 Å². The van der Waals surface area contributed by atoms with Gasteiger partial charge in [0.05, 0.1) is 4.90 Å². The highest BCUT2D eigenvalue weighted by atomic mass is 32.2. The van der Waals surface area contributed by atoms with E-state index in [0.29, 0.717) is 18.2 Å². The highest BCUT2D eigenvalue weighted by Crippen LogP contribution is 2.24. The van der Waals surface area contributed by atoms with Crippen molar-refractivity contribution >= 4 is 16.0 Å². The summed E-state index contributed by atoms with van der Waals surface area (Å²) < 4.78 is 31.8. The summed E-state index contributed by atoms with van der Waals surface area (Å²) in [5.74, 6) is -0.324. The molecule has 1 aromatic rings. The number of rotatable bonds is 7.